The highest BCUT2D eigenvalue weighted by molar-refractivity contribution is 5.94. The van der Waals surface area contributed by atoms with Crippen LogP contribution in [0.15, 0.2) is 47.4 Å². The Kier molecular flexibility index (Phi) is 5.63. The Morgan fingerprint density at radius 3 is 2.30 bits per heavy atom. The minimum Gasteiger partial charge on any atom is -0.339 e. The van der Waals surface area contributed by atoms with E-state index < -0.39 is 17.5 Å². The van der Waals surface area contributed by atoms with Crippen molar-refractivity contribution >= 4 is 11.8 Å². The monoisotopic (exact) mass is 375 g/mol. The Balaban J connectivity index is 1.52. The van der Waals surface area contributed by atoms with Crippen molar-refractivity contribution in [1.29, 1.82) is 0 Å². The number of halogens is 2. The third-order valence-corrected chi connectivity index (χ3v) is 4.55. The molecule has 2 aromatic rings. The van der Waals surface area contributed by atoms with Crippen molar-refractivity contribution in [1.82, 2.24) is 14.4 Å². The van der Waals surface area contributed by atoms with Gasteiger partial charge in [0.1, 0.15) is 0 Å². The number of benzene rings is 1. The molecule has 0 bridgehead atoms. The Bertz CT molecular complexity index is 905. The van der Waals surface area contributed by atoms with E-state index in [4.69, 9.17) is 0 Å². The number of hydrogen-bond donors (Lipinski definition) is 0. The lowest BCUT2D eigenvalue weighted by Gasteiger charge is -2.35. The van der Waals surface area contributed by atoms with E-state index in [9.17, 15) is 23.2 Å². The minimum atomic E-state index is -1.06. The summed E-state index contributed by atoms with van der Waals surface area (Å²) in [5.41, 5.74) is -0.0793. The summed E-state index contributed by atoms with van der Waals surface area (Å²) in [4.78, 5) is 39.5. The Hall–Kier alpha value is -3.03. The molecule has 0 radical (unpaired) electrons. The lowest BCUT2D eigenvalue weighted by Crippen LogP contribution is -2.50. The fraction of sp³-hybridized carbons (Fsp3) is 0.316. The molecule has 27 heavy (non-hydrogen) atoms. The van der Waals surface area contributed by atoms with Gasteiger partial charge in [0.15, 0.2) is 11.6 Å². The van der Waals surface area contributed by atoms with E-state index in [0.717, 1.165) is 12.1 Å². The summed E-state index contributed by atoms with van der Waals surface area (Å²) in [7, 11) is 0. The molecular formula is C19H19F2N3O3. The molecule has 0 spiro atoms. The fourth-order valence-corrected chi connectivity index (χ4v) is 2.99. The third-order valence-electron chi connectivity index (χ3n) is 4.55. The normalized spacial score (nSPS) is 14.3. The first-order valence-electron chi connectivity index (χ1n) is 8.63. The molecule has 3 rings (SSSR count). The maximum Gasteiger partial charge on any atom is 0.254 e. The molecule has 8 heteroatoms. The van der Waals surface area contributed by atoms with Crippen molar-refractivity contribution in [3.8, 4) is 0 Å². The van der Waals surface area contributed by atoms with E-state index in [1.165, 1.54) is 21.6 Å². The van der Waals surface area contributed by atoms with Crippen molar-refractivity contribution in [3.05, 3.63) is 70.1 Å². The smallest absolute Gasteiger partial charge is 0.254 e. The van der Waals surface area contributed by atoms with Crippen LogP contribution in [-0.4, -0.2) is 52.4 Å². The number of pyridine rings is 1. The van der Waals surface area contributed by atoms with Gasteiger partial charge in [-0.2, -0.15) is 0 Å². The van der Waals surface area contributed by atoms with Gasteiger partial charge in [0.25, 0.3) is 11.5 Å². The largest absolute Gasteiger partial charge is 0.339 e. The van der Waals surface area contributed by atoms with Crippen molar-refractivity contribution in [2.75, 3.05) is 26.2 Å². The van der Waals surface area contributed by atoms with Crippen molar-refractivity contribution in [3.63, 3.8) is 0 Å². The molecule has 0 N–H and O–H groups in total. The van der Waals surface area contributed by atoms with Gasteiger partial charge in [0, 0.05) is 57.0 Å². The maximum absolute atomic E-state index is 13.3. The molecule has 1 aromatic heterocycles. The number of piperazine rings is 1. The standard InChI is InChI=1S/C19H19F2N3O3/c20-15-5-4-14(13-16(15)21)19(27)24-11-9-23(10-12-24)18(26)6-8-22-7-2-1-3-17(22)25/h1-5,7,13H,6,8-12H2. The van der Waals surface area contributed by atoms with E-state index in [1.807, 2.05) is 0 Å². The van der Waals surface area contributed by atoms with E-state index in [-0.39, 0.29) is 23.5 Å². The molecule has 0 unspecified atom stereocenters. The van der Waals surface area contributed by atoms with Crippen LogP contribution < -0.4 is 5.56 Å². The summed E-state index contributed by atoms with van der Waals surface area (Å²) >= 11 is 0. The van der Waals surface area contributed by atoms with Crippen LogP contribution >= 0.6 is 0 Å². The Morgan fingerprint density at radius 1 is 0.926 bits per heavy atom. The number of rotatable bonds is 4. The zero-order valence-corrected chi connectivity index (χ0v) is 14.6. The molecule has 1 aliphatic heterocycles. The predicted octanol–water partition coefficient (Wildman–Crippen LogP) is 1.50. The van der Waals surface area contributed by atoms with Gasteiger partial charge in [-0.15, -0.1) is 0 Å². The quantitative estimate of drug-likeness (QED) is 0.814. The molecular weight excluding hydrogens is 356 g/mol. The lowest BCUT2D eigenvalue weighted by atomic mass is 10.1. The molecule has 0 aliphatic carbocycles. The fourth-order valence-electron chi connectivity index (χ4n) is 2.99. The van der Waals surface area contributed by atoms with Crippen LogP contribution in [0.3, 0.4) is 0 Å². The summed E-state index contributed by atoms with van der Waals surface area (Å²) in [6, 6.07) is 7.86. The molecule has 0 atom stereocenters. The van der Waals surface area contributed by atoms with Gasteiger partial charge in [-0.25, -0.2) is 8.78 Å². The van der Waals surface area contributed by atoms with Crippen LogP contribution in [0.4, 0.5) is 8.78 Å². The molecule has 2 amide bonds. The first-order chi connectivity index (χ1) is 13.0. The second kappa shape index (κ2) is 8.11. The topological polar surface area (TPSA) is 62.6 Å². The molecule has 142 valence electrons. The zero-order valence-electron chi connectivity index (χ0n) is 14.6. The number of hydrogen-bond acceptors (Lipinski definition) is 3. The van der Waals surface area contributed by atoms with Crippen molar-refractivity contribution < 1.29 is 18.4 Å². The lowest BCUT2D eigenvalue weighted by molar-refractivity contribution is -0.132. The van der Waals surface area contributed by atoms with Crippen LogP contribution in [-0.2, 0) is 11.3 Å². The first-order valence-corrected chi connectivity index (χ1v) is 8.63. The number of carbonyl (C=O) groups excluding carboxylic acids is 2. The maximum atomic E-state index is 13.3. The predicted molar refractivity (Wildman–Crippen MR) is 94.2 cm³/mol. The summed E-state index contributed by atoms with van der Waals surface area (Å²) in [6.07, 6.45) is 1.83. The van der Waals surface area contributed by atoms with E-state index in [0.29, 0.717) is 32.7 Å². The second-order valence-electron chi connectivity index (χ2n) is 6.28. The molecule has 2 heterocycles. The van der Waals surface area contributed by atoms with Gasteiger partial charge in [-0.1, -0.05) is 6.07 Å². The molecule has 1 saturated heterocycles. The number of aromatic nitrogens is 1. The van der Waals surface area contributed by atoms with Gasteiger partial charge < -0.3 is 14.4 Å². The Morgan fingerprint density at radius 2 is 1.63 bits per heavy atom. The van der Waals surface area contributed by atoms with Gasteiger partial charge in [-0.3, -0.25) is 14.4 Å². The van der Waals surface area contributed by atoms with Crippen LogP contribution in [0.25, 0.3) is 0 Å². The number of amides is 2. The highest BCUT2D eigenvalue weighted by Gasteiger charge is 2.25. The van der Waals surface area contributed by atoms with Crippen LogP contribution in [0.1, 0.15) is 16.8 Å². The van der Waals surface area contributed by atoms with Crippen LogP contribution in [0, 0.1) is 11.6 Å². The number of nitrogens with zero attached hydrogens (tertiary/aromatic N) is 3. The second-order valence-corrected chi connectivity index (χ2v) is 6.28. The minimum absolute atomic E-state index is 0.0807. The SMILES string of the molecule is O=C(CCn1ccccc1=O)N1CCN(C(=O)c2ccc(F)c(F)c2)CC1. The van der Waals surface area contributed by atoms with E-state index >= 15 is 0 Å². The first kappa shape index (κ1) is 18.8. The summed E-state index contributed by atoms with van der Waals surface area (Å²) in [6.45, 7) is 1.64. The van der Waals surface area contributed by atoms with Crippen LogP contribution in [0.2, 0.25) is 0 Å². The van der Waals surface area contributed by atoms with Gasteiger partial charge >= 0.3 is 0 Å². The number of aryl methyl sites for hydroxylation is 1. The molecule has 1 fully saturated rings. The summed E-state index contributed by atoms with van der Waals surface area (Å²) in [5.74, 6) is -2.55. The molecule has 0 saturated carbocycles. The van der Waals surface area contributed by atoms with Gasteiger partial charge in [-0.05, 0) is 24.3 Å². The average Bonchev–Trinajstić information content (AvgIpc) is 2.69. The molecule has 1 aromatic carbocycles. The van der Waals surface area contributed by atoms with E-state index in [1.54, 1.807) is 23.2 Å². The number of carbonyl (C=O) groups is 2. The summed E-state index contributed by atoms with van der Waals surface area (Å²) in [5, 5.41) is 0. The van der Waals surface area contributed by atoms with E-state index in [2.05, 4.69) is 0 Å². The highest BCUT2D eigenvalue weighted by atomic mass is 19.2. The molecule has 1 aliphatic rings. The molecule has 6 nitrogen and oxygen atoms in total. The van der Waals surface area contributed by atoms with Crippen molar-refractivity contribution in [2.45, 2.75) is 13.0 Å². The van der Waals surface area contributed by atoms with Gasteiger partial charge in [0.05, 0.1) is 0 Å². The van der Waals surface area contributed by atoms with Gasteiger partial charge in [0.2, 0.25) is 5.91 Å². The Labute approximate surface area is 154 Å². The highest BCUT2D eigenvalue weighted by Crippen LogP contribution is 2.13. The van der Waals surface area contributed by atoms with Crippen molar-refractivity contribution in [2.24, 2.45) is 0 Å². The van der Waals surface area contributed by atoms with Crippen LogP contribution in [0.5, 0.6) is 0 Å². The zero-order chi connectivity index (χ0) is 19.4. The third kappa shape index (κ3) is 4.39. The summed E-state index contributed by atoms with van der Waals surface area (Å²) < 4.78 is 27.8. The average molecular weight is 375 g/mol.